The van der Waals surface area contributed by atoms with E-state index in [1.807, 2.05) is 0 Å². The minimum absolute atomic E-state index is 0.190. The van der Waals surface area contributed by atoms with E-state index in [1.165, 1.54) is 4.88 Å². The molecule has 0 aliphatic heterocycles. The Morgan fingerprint density at radius 1 is 1.64 bits per heavy atom. The van der Waals surface area contributed by atoms with E-state index in [0.717, 1.165) is 28.8 Å². The van der Waals surface area contributed by atoms with Gasteiger partial charge in [0.15, 0.2) is 5.06 Å². The van der Waals surface area contributed by atoms with Crippen molar-refractivity contribution < 1.29 is 9.84 Å². The Hall–Kier alpha value is -0.0600. The Morgan fingerprint density at radius 3 is 2.79 bits per heavy atom. The standard InChI is InChI=1S/C10H13BrO2S/c1-13-9-8(11)4-7(14-9)5-10(6-12)2-3-10/h4,12H,2-3,5-6H2,1H3. The highest BCUT2D eigenvalue weighted by molar-refractivity contribution is 9.10. The van der Waals surface area contributed by atoms with Crippen molar-refractivity contribution in [3.63, 3.8) is 0 Å². The second-order valence-electron chi connectivity index (χ2n) is 3.89. The van der Waals surface area contributed by atoms with Crippen molar-refractivity contribution in [1.82, 2.24) is 0 Å². The molecule has 1 aliphatic rings. The van der Waals surface area contributed by atoms with Crippen LogP contribution in [0.15, 0.2) is 10.5 Å². The summed E-state index contributed by atoms with van der Waals surface area (Å²) >= 11 is 5.11. The molecule has 1 fully saturated rings. The molecule has 0 spiro atoms. The van der Waals surface area contributed by atoms with Crippen molar-refractivity contribution in [2.75, 3.05) is 13.7 Å². The fourth-order valence-corrected chi connectivity index (χ4v) is 3.43. The zero-order chi connectivity index (χ0) is 10.2. The molecule has 1 aliphatic carbocycles. The molecule has 2 rings (SSSR count). The molecule has 2 nitrogen and oxygen atoms in total. The number of thiophene rings is 1. The molecule has 1 aromatic heterocycles. The highest BCUT2D eigenvalue weighted by Crippen LogP contribution is 2.49. The summed E-state index contributed by atoms with van der Waals surface area (Å²) in [7, 11) is 1.68. The van der Waals surface area contributed by atoms with Gasteiger partial charge in [-0.15, -0.1) is 11.3 Å². The van der Waals surface area contributed by atoms with Crippen molar-refractivity contribution in [3.8, 4) is 5.06 Å². The fraction of sp³-hybridized carbons (Fsp3) is 0.600. The Kier molecular flexibility index (Phi) is 2.86. The maximum atomic E-state index is 9.21. The number of hydrogen-bond acceptors (Lipinski definition) is 3. The van der Waals surface area contributed by atoms with Gasteiger partial charge in [-0.2, -0.15) is 0 Å². The summed E-state index contributed by atoms with van der Waals surface area (Å²) in [6, 6.07) is 2.10. The van der Waals surface area contributed by atoms with Crippen molar-refractivity contribution >= 4 is 27.3 Å². The highest BCUT2D eigenvalue weighted by Gasteiger charge is 2.42. The van der Waals surface area contributed by atoms with Crippen LogP contribution in [0.2, 0.25) is 0 Å². The van der Waals surface area contributed by atoms with Crippen molar-refractivity contribution in [2.24, 2.45) is 5.41 Å². The van der Waals surface area contributed by atoms with E-state index in [2.05, 4.69) is 22.0 Å². The first-order valence-corrected chi connectivity index (χ1v) is 6.23. The predicted molar refractivity (Wildman–Crippen MR) is 61.0 cm³/mol. The van der Waals surface area contributed by atoms with E-state index >= 15 is 0 Å². The third-order valence-electron chi connectivity index (χ3n) is 2.73. The first-order chi connectivity index (χ1) is 6.69. The predicted octanol–water partition coefficient (Wildman–Crippen LogP) is 2.83. The first-order valence-electron chi connectivity index (χ1n) is 4.62. The molecule has 1 heterocycles. The lowest BCUT2D eigenvalue weighted by Gasteiger charge is -2.08. The molecule has 78 valence electrons. The van der Waals surface area contributed by atoms with Crippen molar-refractivity contribution in [2.45, 2.75) is 19.3 Å². The smallest absolute Gasteiger partial charge is 0.188 e. The normalized spacial score (nSPS) is 18.2. The molecule has 1 saturated carbocycles. The van der Waals surface area contributed by atoms with Gasteiger partial charge in [-0.1, -0.05) is 0 Å². The molecule has 0 bridgehead atoms. The van der Waals surface area contributed by atoms with Crippen LogP contribution >= 0.6 is 27.3 Å². The summed E-state index contributed by atoms with van der Waals surface area (Å²) in [4.78, 5) is 1.29. The molecular weight excluding hydrogens is 264 g/mol. The third kappa shape index (κ3) is 1.97. The van der Waals surface area contributed by atoms with Crippen LogP contribution in [0, 0.1) is 5.41 Å². The molecule has 0 amide bonds. The minimum Gasteiger partial charge on any atom is -0.486 e. The quantitative estimate of drug-likeness (QED) is 0.917. The van der Waals surface area contributed by atoms with E-state index in [4.69, 9.17) is 4.74 Å². The molecule has 0 saturated heterocycles. The summed E-state index contributed by atoms with van der Waals surface area (Å²) < 4.78 is 6.23. The van der Waals surface area contributed by atoms with Crippen LogP contribution in [-0.4, -0.2) is 18.8 Å². The zero-order valence-corrected chi connectivity index (χ0v) is 10.4. The largest absolute Gasteiger partial charge is 0.486 e. The van der Waals surface area contributed by atoms with E-state index in [1.54, 1.807) is 18.4 Å². The van der Waals surface area contributed by atoms with Crippen molar-refractivity contribution in [3.05, 3.63) is 15.4 Å². The maximum absolute atomic E-state index is 9.21. The van der Waals surface area contributed by atoms with Gasteiger partial charge in [-0.25, -0.2) is 0 Å². The van der Waals surface area contributed by atoms with Gasteiger partial charge in [0.05, 0.1) is 11.6 Å². The Balaban J connectivity index is 2.10. The van der Waals surface area contributed by atoms with Crippen LogP contribution in [0.1, 0.15) is 17.7 Å². The summed E-state index contributed by atoms with van der Waals surface area (Å²) in [5, 5.41) is 10.1. The van der Waals surface area contributed by atoms with Crippen molar-refractivity contribution in [1.29, 1.82) is 0 Å². The first kappa shape index (κ1) is 10.5. The molecule has 1 aromatic rings. The van der Waals surface area contributed by atoms with Gasteiger partial charge >= 0.3 is 0 Å². The van der Waals surface area contributed by atoms with Gasteiger partial charge in [0.2, 0.25) is 0 Å². The van der Waals surface area contributed by atoms with E-state index in [0.29, 0.717) is 6.61 Å². The Labute approximate surface area is 96.0 Å². The van der Waals surface area contributed by atoms with E-state index < -0.39 is 0 Å². The maximum Gasteiger partial charge on any atom is 0.188 e. The minimum atomic E-state index is 0.190. The number of rotatable bonds is 4. The summed E-state index contributed by atoms with van der Waals surface area (Å²) in [6.07, 6.45) is 3.29. The van der Waals surface area contributed by atoms with E-state index in [9.17, 15) is 5.11 Å². The summed E-state index contributed by atoms with van der Waals surface area (Å²) in [5.41, 5.74) is 0.190. The Bertz CT molecular complexity index is 331. The van der Waals surface area contributed by atoms with Crippen LogP contribution < -0.4 is 4.74 Å². The SMILES string of the molecule is COc1sc(CC2(CO)CC2)cc1Br. The average molecular weight is 277 g/mol. The fourth-order valence-electron chi connectivity index (χ4n) is 1.56. The summed E-state index contributed by atoms with van der Waals surface area (Å²) in [6.45, 7) is 0.310. The molecule has 4 heteroatoms. The van der Waals surface area contributed by atoms with Gasteiger partial charge in [-0.3, -0.25) is 0 Å². The van der Waals surface area contributed by atoms with Gasteiger partial charge in [0, 0.05) is 11.5 Å². The molecule has 0 atom stereocenters. The second-order valence-corrected chi connectivity index (χ2v) is 5.84. The van der Waals surface area contributed by atoms with Gasteiger partial charge < -0.3 is 9.84 Å². The highest BCUT2D eigenvalue weighted by atomic mass is 79.9. The van der Waals surface area contributed by atoms with Gasteiger partial charge in [0.1, 0.15) is 0 Å². The monoisotopic (exact) mass is 276 g/mol. The number of aliphatic hydroxyl groups excluding tert-OH is 1. The van der Waals surface area contributed by atoms with Crippen LogP contribution in [-0.2, 0) is 6.42 Å². The number of hydrogen-bond donors (Lipinski definition) is 1. The van der Waals surface area contributed by atoms with Gasteiger partial charge in [0.25, 0.3) is 0 Å². The second kappa shape index (κ2) is 3.83. The van der Waals surface area contributed by atoms with Crippen LogP contribution in [0.25, 0.3) is 0 Å². The number of aliphatic hydroxyl groups is 1. The lowest BCUT2D eigenvalue weighted by molar-refractivity contribution is 0.212. The summed E-state index contributed by atoms with van der Waals surface area (Å²) in [5.74, 6) is 0. The molecular formula is C10H13BrO2S. The average Bonchev–Trinajstić information content (AvgIpc) is 2.85. The van der Waals surface area contributed by atoms with Crippen LogP contribution in [0.3, 0.4) is 0 Å². The zero-order valence-electron chi connectivity index (χ0n) is 8.05. The molecule has 14 heavy (non-hydrogen) atoms. The Morgan fingerprint density at radius 2 is 2.36 bits per heavy atom. The topological polar surface area (TPSA) is 29.5 Å². The lowest BCUT2D eigenvalue weighted by atomic mass is 10.0. The number of ether oxygens (including phenoxy) is 1. The molecule has 0 radical (unpaired) electrons. The third-order valence-corrected chi connectivity index (χ3v) is 4.68. The lowest BCUT2D eigenvalue weighted by Crippen LogP contribution is -2.08. The van der Waals surface area contributed by atoms with Crippen LogP contribution in [0.4, 0.5) is 0 Å². The molecule has 0 unspecified atom stereocenters. The number of methoxy groups -OCH3 is 1. The molecule has 1 N–H and O–H groups in total. The molecule has 0 aromatic carbocycles. The van der Waals surface area contributed by atoms with E-state index in [-0.39, 0.29) is 5.41 Å². The van der Waals surface area contributed by atoms with Gasteiger partial charge in [-0.05, 0) is 46.7 Å². The van der Waals surface area contributed by atoms with Crippen LogP contribution in [0.5, 0.6) is 5.06 Å². The number of halogens is 1.